The average Bonchev–Trinajstić information content (AvgIpc) is 3.28. The second-order valence-corrected chi connectivity index (χ2v) is 5.72. The van der Waals surface area contributed by atoms with Crippen LogP contribution in [0.25, 0.3) is 5.69 Å². The Kier molecular flexibility index (Phi) is 3.94. The first-order valence-corrected chi connectivity index (χ1v) is 7.53. The van der Waals surface area contributed by atoms with Crippen LogP contribution in [0.15, 0.2) is 24.3 Å². The van der Waals surface area contributed by atoms with Crippen molar-refractivity contribution >= 4 is 5.91 Å². The van der Waals surface area contributed by atoms with Gasteiger partial charge >= 0.3 is 0 Å². The third-order valence-corrected chi connectivity index (χ3v) is 3.97. The molecule has 1 aromatic carbocycles. The summed E-state index contributed by atoms with van der Waals surface area (Å²) in [6.45, 7) is 4.18. The molecule has 0 bridgehead atoms. The molecular formula is C16H20N4O2. The number of rotatable bonds is 5. The van der Waals surface area contributed by atoms with E-state index in [1.54, 1.807) is 9.58 Å². The Morgan fingerprint density at radius 3 is 2.59 bits per heavy atom. The molecule has 1 N–H and O–H groups in total. The predicted octanol–water partition coefficient (Wildman–Crippen LogP) is 1.48. The Morgan fingerprint density at radius 1 is 1.32 bits per heavy atom. The second-order valence-electron chi connectivity index (χ2n) is 5.72. The van der Waals surface area contributed by atoms with Crippen molar-refractivity contribution < 1.29 is 9.90 Å². The van der Waals surface area contributed by atoms with Crippen LogP contribution in [0.2, 0.25) is 0 Å². The topological polar surface area (TPSA) is 71.2 Å². The minimum Gasteiger partial charge on any atom is -0.395 e. The summed E-state index contributed by atoms with van der Waals surface area (Å²) in [5, 5.41) is 17.3. The molecule has 0 aliphatic heterocycles. The van der Waals surface area contributed by atoms with Crippen LogP contribution in [0, 0.1) is 13.8 Å². The third kappa shape index (κ3) is 2.74. The molecule has 116 valence electrons. The SMILES string of the molecule is Cc1ccc(-n2nnc(C(=O)N(CCO)C3CC3)c2C)cc1. The first-order chi connectivity index (χ1) is 10.6. The van der Waals surface area contributed by atoms with Gasteiger partial charge in [-0.05, 0) is 38.8 Å². The molecule has 0 atom stereocenters. The van der Waals surface area contributed by atoms with Crippen molar-refractivity contribution in [1.82, 2.24) is 19.9 Å². The number of hydrogen-bond donors (Lipinski definition) is 1. The first kappa shape index (κ1) is 14.7. The van der Waals surface area contributed by atoms with Crippen molar-refractivity contribution in [3.63, 3.8) is 0 Å². The maximum Gasteiger partial charge on any atom is 0.276 e. The van der Waals surface area contributed by atoms with Crippen LogP contribution >= 0.6 is 0 Å². The molecule has 2 aromatic rings. The standard InChI is InChI=1S/C16H20N4O2/c1-11-3-5-14(6-4-11)20-12(2)15(17-18-20)16(22)19(9-10-21)13-7-8-13/h3-6,13,21H,7-10H2,1-2H3. The van der Waals surface area contributed by atoms with Gasteiger partial charge in [-0.1, -0.05) is 22.9 Å². The van der Waals surface area contributed by atoms with E-state index in [0.717, 1.165) is 24.2 Å². The number of carbonyl (C=O) groups is 1. The Balaban J connectivity index is 1.89. The molecule has 22 heavy (non-hydrogen) atoms. The Labute approximate surface area is 129 Å². The van der Waals surface area contributed by atoms with Crippen LogP contribution < -0.4 is 0 Å². The van der Waals surface area contributed by atoms with Gasteiger partial charge in [0.15, 0.2) is 5.69 Å². The number of benzene rings is 1. The van der Waals surface area contributed by atoms with E-state index in [2.05, 4.69) is 10.3 Å². The van der Waals surface area contributed by atoms with Crippen LogP contribution in [0.4, 0.5) is 0 Å². The summed E-state index contributed by atoms with van der Waals surface area (Å²) in [7, 11) is 0. The lowest BCUT2D eigenvalue weighted by atomic mass is 10.2. The minimum atomic E-state index is -0.146. The fraction of sp³-hybridized carbons (Fsp3) is 0.438. The van der Waals surface area contributed by atoms with Gasteiger partial charge in [0.2, 0.25) is 0 Å². The van der Waals surface area contributed by atoms with Crippen LogP contribution in [0.1, 0.15) is 34.6 Å². The van der Waals surface area contributed by atoms with E-state index in [1.165, 1.54) is 5.56 Å². The molecule has 1 heterocycles. The van der Waals surface area contributed by atoms with Crippen LogP contribution in [0.5, 0.6) is 0 Å². The zero-order valence-corrected chi connectivity index (χ0v) is 12.9. The second kappa shape index (κ2) is 5.88. The van der Waals surface area contributed by atoms with Crippen LogP contribution in [-0.4, -0.2) is 50.1 Å². The molecule has 1 aliphatic carbocycles. The van der Waals surface area contributed by atoms with E-state index >= 15 is 0 Å². The monoisotopic (exact) mass is 300 g/mol. The Morgan fingerprint density at radius 2 is 2.00 bits per heavy atom. The number of aryl methyl sites for hydroxylation is 1. The normalized spacial score (nSPS) is 14.1. The van der Waals surface area contributed by atoms with Crippen molar-refractivity contribution in [3.05, 3.63) is 41.2 Å². The van der Waals surface area contributed by atoms with Gasteiger partial charge in [-0.15, -0.1) is 5.10 Å². The van der Waals surface area contributed by atoms with E-state index in [1.807, 2.05) is 38.1 Å². The molecule has 3 rings (SSSR count). The van der Waals surface area contributed by atoms with E-state index < -0.39 is 0 Å². The van der Waals surface area contributed by atoms with Gasteiger partial charge in [-0.25, -0.2) is 4.68 Å². The summed E-state index contributed by atoms with van der Waals surface area (Å²) < 4.78 is 1.68. The van der Waals surface area contributed by atoms with Gasteiger partial charge < -0.3 is 10.0 Å². The summed E-state index contributed by atoms with van der Waals surface area (Å²) in [6, 6.07) is 8.15. The van der Waals surface area contributed by atoms with Crippen molar-refractivity contribution in [3.8, 4) is 5.69 Å². The molecule has 0 spiro atoms. The van der Waals surface area contributed by atoms with E-state index in [4.69, 9.17) is 5.11 Å². The number of aromatic nitrogens is 3. The molecule has 0 radical (unpaired) electrons. The summed E-state index contributed by atoms with van der Waals surface area (Å²) in [4.78, 5) is 14.3. The lowest BCUT2D eigenvalue weighted by molar-refractivity contribution is 0.0701. The Hall–Kier alpha value is -2.21. The molecule has 1 amide bonds. The lowest BCUT2D eigenvalue weighted by Crippen LogP contribution is -2.36. The molecule has 1 aromatic heterocycles. The fourth-order valence-electron chi connectivity index (χ4n) is 2.54. The van der Waals surface area contributed by atoms with Gasteiger partial charge in [0, 0.05) is 12.6 Å². The predicted molar refractivity (Wildman–Crippen MR) is 82.0 cm³/mol. The number of hydrogen-bond acceptors (Lipinski definition) is 4. The van der Waals surface area contributed by atoms with Crippen molar-refractivity contribution in [2.24, 2.45) is 0 Å². The van der Waals surface area contributed by atoms with Crippen LogP contribution in [-0.2, 0) is 0 Å². The quantitative estimate of drug-likeness (QED) is 0.908. The largest absolute Gasteiger partial charge is 0.395 e. The molecule has 1 saturated carbocycles. The molecule has 0 saturated heterocycles. The van der Waals surface area contributed by atoms with Crippen LogP contribution in [0.3, 0.4) is 0 Å². The molecule has 0 unspecified atom stereocenters. The third-order valence-electron chi connectivity index (χ3n) is 3.97. The average molecular weight is 300 g/mol. The highest BCUT2D eigenvalue weighted by Crippen LogP contribution is 2.28. The highest BCUT2D eigenvalue weighted by molar-refractivity contribution is 5.93. The number of carbonyl (C=O) groups excluding carboxylic acids is 1. The fourth-order valence-corrected chi connectivity index (χ4v) is 2.54. The van der Waals surface area contributed by atoms with Crippen molar-refractivity contribution in [1.29, 1.82) is 0 Å². The maximum absolute atomic E-state index is 12.6. The van der Waals surface area contributed by atoms with Gasteiger partial charge in [-0.2, -0.15) is 0 Å². The summed E-state index contributed by atoms with van der Waals surface area (Å²) in [6.07, 6.45) is 1.99. The maximum atomic E-state index is 12.6. The number of nitrogens with zero attached hydrogens (tertiary/aromatic N) is 4. The zero-order chi connectivity index (χ0) is 15.7. The van der Waals surface area contributed by atoms with Crippen molar-refractivity contribution in [2.45, 2.75) is 32.7 Å². The zero-order valence-electron chi connectivity index (χ0n) is 12.9. The molecule has 6 nitrogen and oxygen atoms in total. The summed E-state index contributed by atoms with van der Waals surface area (Å²) >= 11 is 0. The van der Waals surface area contributed by atoms with Gasteiger partial charge in [-0.3, -0.25) is 4.79 Å². The van der Waals surface area contributed by atoms with Gasteiger partial charge in [0.05, 0.1) is 18.0 Å². The number of amides is 1. The van der Waals surface area contributed by atoms with E-state index in [-0.39, 0.29) is 18.6 Å². The Bertz CT molecular complexity index is 674. The highest BCUT2D eigenvalue weighted by atomic mass is 16.3. The molecule has 1 aliphatic rings. The lowest BCUT2D eigenvalue weighted by Gasteiger charge is -2.20. The van der Waals surface area contributed by atoms with E-state index in [9.17, 15) is 4.79 Å². The summed E-state index contributed by atoms with van der Waals surface area (Å²) in [5.74, 6) is -0.146. The van der Waals surface area contributed by atoms with Gasteiger partial charge in [0.1, 0.15) is 0 Å². The number of aliphatic hydroxyl groups is 1. The van der Waals surface area contributed by atoms with Gasteiger partial charge in [0.25, 0.3) is 5.91 Å². The smallest absolute Gasteiger partial charge is 0.276 e. The summed E-state index contributed by atoms with van der Waals surface area (Å²) in [5.41, 5.74) is 3.13. The number of aliphatic hydroxyl groups excluding tert-OH is 1. The molecular weight excluding hydrogens is 280 g/mol. The van der Waals surface area contributed by atoms with Crippen molar-refractivity contribution in [2.75, 3.05) is 13.2 Å². The highest BCUT2D eigenvalue weighted by Gasteiger charge is 2.34. The molecule has 6 heteroatoms. The first-order valence-electron chi connectivity index (χ1n) is 7.53. The molecule has 1 fully saturated rings. The van der Waals surface area contributed by atoms with E-state index in [0.29, 0.717) is 12.2 Å². The minimum absolute atomic E-state index is 0.0343.